The Bertz CT molecular complexity index is 817. The van der Waals surface area contributed by atoms with Gasteiger partial charge in [0, 0.05) is 16.1 Å². The Morgan fingerprint density at radius 1 is 0.857 bits per heavy atom. The normalized spacial score (nSPS) is 12.6. The van der Waals surface area contributed by atoms with E-state index in [1.807, 2.05) is 36.4 Å². The van der Waals surface area contributed by atoms with Crippen LogP contribution in [0, 0.1) is 11.6 Å². The largest absolute Gasteiger partial charge is 0.320 e. The number of nitrogens with two attached hydrogens (primary N) is 1. The van der Waals surface area contributed by atoms with Gasteiger partial charge in [0.15, 0.2) is 0 Å². The smallest absolute Gasteiger partial charge is 0.131 e. The molecule has 3 rings (SSSR count). The van der Waals surface area contributed by atoms with Crippen molar-refractivity contribution in [1.82, 2.24) is 0 Å². The lowest BCUT2D eigenvalue weighted by molar-refractivity contribution is 0.566. The number of hydrogen-bond donors (Lipinski definition) is 1. The van der Waals surface area contributed by atoms with E-state index in [2.05, 4.69) is 15.9 Å². The van der Waals surface area contributed by atoms with E-state index in [0.29, 0.717) is 0 Å². The lowest BCUT2D eigenvalue weighted by Gasteiger charge is -2.14. The van der Waals surface area contributed by atoms with Gasteiger partial charge in [-0.25, -0.2) is 8.78 Å². The van der Waals surface area contributed by atoms with Crippen LogP contribution in [0.4, 0.5) is 8.78 Å². The molecule has 0 aliphatic heterocycles. The summed E-state index contributed by atoms with van der Waals surface area (Å²) in [5.74, 6) is -1.23. The fourth-order valence-corrected chi connectivity index (χ4v) is 2.74. The van der Waals surface area contributed by atoms with Crippen LogP contribution in [-0.4, -0.2) is 0 Å². The van der Waals surface area contributed by atoms with Crippen LogP contribution in [0.25, 0.3) is 10.8 Å². The summed E-state index contributed by atoms with van der Waals surface area (Å²) in [6, 6.07) is 14.5. The van der Waals surface area contributed by atoms with Crippen LogP contribution in [0.3, 0.4) is 0 Å². The Hall–Kier alpha value is -1.78. The van der Waals surface area contributed by atoms with Gasteiger partial charge in [-0.3, -0.25) is 0 Å². The van der Waals surface area contributed by atoms with Crippen molar-refractivity contribution in [2.45, 2.75) is 6.04 Å². The van der Waals surface area contributed by atoms with Gasteiger partial charge in [0.1, 0.15) is 11.6 Å². The number of rotatable bonds is 2. The van der Waals surface area contributed by atoms with E-state index in [1.54, 1.807) is 0 Å². The molecule has 0 amide bonds. The van der Waals surface area contributed by atoms with E-state index in [-0.39, 0.29) is 5.56 Å². The molecule has 1 unspecified atom stereocenters. The van der Waals surface area contributed by atoms with Crippen LogP contribution in [-0.2, 0) is 0 Å². The standard InChI is InChI=1S/C17H12BrF2N/c18-13-4-3-10-7-12(2-1-11(10)8-13)17(21)15-6-5-14(19)9-16(15)20/h1-9,17H,21H2. The highest BCUT2D eigenvalue weighted by molar-refractivity contribution is 9.10. The third-order valence-electron chi connectivity index (χ3n) is 3.48. The second-order valence-electron chi connectivity index (χ2n) is 4.89. The molecule has 2 N–H and O–H groups in total. The highest BCUT2D eigenvalue weighted by atomic mass is 79.9. The zero-order valence-corrected chi connectivity index (χ0v) is 12.6. The lowest BCUT2D eigenvalue weighted by atomic mass is 9.96. The van der Waals surface area contributed by atoms with Gasteiger partial charge in [0.05, 0.1) is 6.04 Å². The molecule has 3 aromatic rings. The summed E-state index contributed by atoms with van der Waals surface area (Å²) in [5.41, 5.74) is 7.19. The maximum Gasteiger partial charge on any atom is 0.131 e. The average Bonchev–Trinajstić information content (AvgIpc) is 2.46. The molecule has 0 saturated carbocycles. The van der Waals surface area contributed by atoms with Crippen molar-refractivity contribution >= 4 is 26.7 Å². The van der Waals surface area contributed by atoms with Crippen LogP contribution in [0.2, 0.25) is 0 Å². The molecule has 0 radical (unpaired) electrons. The summed E-state index contributed by atoms with van der Waals surface area (Å²) in [7, 11) is 0. The quantitative estimate of drug-likeness (QED) is 0.698. The Morgan fingerprint density at radius 3 is 2.33 bits per heavy atom. The number of benzene rings is 3. The summed E-state index contributed by atoms with van der Waals surface area (Å²) in [6.45, 7) is 0. The van der Waals surface area contributed by atoms with Crippen molar-refractivity contribution in [3.05, 3.63) is 81.8 Å². The Labute approximate surface area is 129 Å². The second kappa shape index (κ2) is 5.54. The zero-order chi connectivity index (χ0) is 15.0. The third-order valence-corrected chi connectivity index (χ3v) is 3.98. The van der Waals surface area contributed by atoms with E-state index in [9.17, 15) is 8.78 Å². The predicted molar refractivity (Wildman–Crippen MR) is 84.0 cm³/mol. The molecular formula is C17H12BrF2N. The molecule has 0 heterocycles. The Kier molecular flexibility index (Phi) is 3.74. The summed E-state index contributed by atoms with van der Waals surface area (Å²) in [6.07, 6.45) is 0. The number of hydrogen-bond acceptors (Lipinski definition) is 1. The van der Waals surface area contributed by atoms with E-state index in [0.717, 1.165) is 26.9 Å². The van der Waals surface area contributed by atoms with E-state index in [4.69, 9.17) is 5.73 Å². The van der Waals surface area contributed by atoms with Gasteiger partial charge in [-0.05, 0) is 40.6 Å². The average molecular weight is 348 g/mol. The first kappa shape index (κ1) is 14.2. The minimum Gasteiger partial charge on any atom is -0.320 e. The van der Waals surface area contributed by atoms with E-state index in [1.165, 1.54) is 12.1 Å². The molecule has 0 spiro atoms. The molecule has 0 bridgehead atoms. The third kappa shape index (κ3) is 2.82. The first-order valence-electron chi connectivity index (χ1n) is 6.44. The van der Waals surface area contributed by atoms with Crippen LogP contribution >= 0.6 is 15.9 Å². The highest BCUT2D eigenvalue weighted by Crippen LogP contribution is 2.27. The summed E-state index contributed by atoms with van der Waals surface area (Å²) >= 11 is 3.42. The number of halogens is 3. The molecule has 0 aromatic heterocycles. The molecule has 4 heteroatoms. The van der Waals surface area contributed by atoms with Crippen molar-refractivity contribution in [1.29, 1.82) is 0 Å². The Morgan fingerprint density at radius 2 is 1.57 bits per heavy atom. The van der Waals surface area contributed by atoms with Gasteiger partial charge in [-0.2, -0.15) is 0 Å². The van der Waals surface area contributed by atoms with Gasteiger partial charge in [-0.1, -0.05) is 40.2 Å². The Balaban J connectivity index is 2.04. The first-order valence-corrected chi connectivity index (χ1v) is 7.23. The van der Waals surface area contributed by atoms with Gasteiger partial charge >= 0.3 is 0 Å². The van der Waals surface area contributed by atoms with E-state index >= 15 is 0 Å². The van der Waals surface area contributed by atoms with Crippen LogP contribution < -0.4 is 5.73 Å². The molecule has 1 atom stereocenters. The molecule has 21 heavy (non-hydrogen) atoms. The van der Waals surface area contributed by atoms with Crippen molar-refractivity contribution < 1.29 is 8.78 Å². The maximum absolute atomic E-state index is 13.8. The fraction of sp³-hybridized carbons (Fsp3) is 0.0588. The molecular weight excluding hydrogens is 336 g/mol. The number of fused-ring (bicyclic) bond motifs is 1. The first-order chi connectivity index (χ1) is 10.0. The van der Waals surface area contributed by atoms with Crippen molar-refractivity contribution in [3.63, 3.8) is 0 Å². The SMILES string of the molecule is NC(c1ccc2cc(Br)ccc2c1)c1ccc(F)cc1F. The highest BCUT2D eigenvalue weighted by Gasteiger charge is 2.14. The minimum atomic E-state index is -0.626. The molecule has 0 fully saturated rings. The minimum absolute atomic E-state index is 0.285. The van der Waals surface area contributed by atoms with Crippen LogP contribution in [0.15, 0.2) is 59.1 Å². The lowest BCUT2D eigenvalue weighted by Crippen LogP contribution is -2.13. The van der Waals surface area contributed by atoms with E-state index < -0.39 is 17.7 Å². The van der Waals surface area contributed by atoms with Crippen molar-refractivity contribution in [3.8, 4) is 0 Å². The van der Waals surface area contributed by atoms with Gasteiger partial charge in [-0.15, -0.1) is 0 Å². The van der Waals surface area contributed by atoms with Crippen LogP contribution in [0.1, 0.15) is 17.2 Å². The van der Waals surface area contributed by atoms with Gasteiger partial charge in [0.2, 0.25) is 0 Å². The monoisotopic (exact) mass is 347 g/mol. The summed E-state index contributed by atoms with van der Waals surface area (Å²) < 4.78 is 27.8. The summed E-state index contributed by atoms with van der Waals surface area (Å²) in [4.78, 5) is 0. The fourth-order valence-electron chi connectivity index (χ4n) is 2.36. The predicted octanol–water partition coefficient (Wildman–Crippen LogP) is 4.93. The van der Waals surface area contributed by atoms with Crippen LogP contribution in [0.5, 0.6) is 0 Å². The molecule has 106 valence electrons. The van der Waals surface area contributed by atoms with Gasteiger partial charge < -0.3 is 5.73 Å². The molecule has 0 aliphatic rings. The molecule has 0 aliphatic carbocycles. The van der Waals surface area contributed by atoms with Crippen molar-refractivity contribution in [2.75, 3.05) is 0 Å². The maximum atomic E-state index is 13.8. The topological polar surface area (TPSA) is 26.0 Å². The second-order valence-corrected chi connectivity index (χ2v) is 5.81. The molecule has 0 saturated heterocycles. The zero-order valence-electron chi connectivity index (χ0n) is 11.0. The summed E-state index contributed by atoms with van der Waals surface area (Å²) in [5, 5.41) is 2.09. The molecule has 1 nitrogen and oxygen atoms in total. The van der Waals surface area contributed by atoms with Gasteiger partial charge in [0.25, 0.3) is 0 Å². The van der Waals surface area contributed by atoms with Crippen molar-refractivity contribution in [2.24, 2.45) is 5.73 Å². The molecule has 3 aromatic carbocycles.